The SMILES string of the molecule is CNC(=O)c1cc(C(=O)NC)cc(-c2ccc(O[C@H]3O[C@H](CO)[C@@H](O)C(O)C3O)c(F)c2)c1. The summed E-state index contributed by atoms with van der Waals surface area (Å²) in [6.45, 7) is -0.651. The molecule has 0 bridgehead atoms. The van der Waals surface area contributed by atoms with Crippen LogP contribution in [0.15, 0.2) is 36.4 Å². The fourth-order valence-electron chi connectivity index (χ4n) is 3.41. The Bertz CT molecular complexity index is 997. The van der Waals surface area contributed by atoms with Gasteiger partial charge in [0.15, 0.2) is 11.6 Å². The summed E-state index contributed by atoms with van der Waals surface area (Å²) in [6, 6.07) is 8.23. The Labute approximate surface area is 188 Å². The van der Waals surface area contributed by atoms with Crippen molar-refractivity contribution in [3.63, 3.8) is 0 Å². The molecular formula is C22H25FN2O8. The fourth-order valence-corrected chi connectivity index (χ4v) is 3.41. The second kappa shape index (κ2) is 10.2. The van der Waals surface area contributed by atoms with E-state index in [0.29, 0.717) is 11.1 Å². The van der Waals surface area contributed by atoms with Crippen LogP contribution in [0.4, 0.5) is 4.39 Å². The highest BCUT2D eigenvalue weighted by Crippen LogP contribution is 2.30. The predicted molar refractivity (Wildman–Crippen MR) is 113 cm³/mol. The number of hydrogen-bond donors (Lipinski definition) is 6. The summed E-state index contributed by atoms with van der Waals surface area (Å²) in [6.07, 6.45) is -7.68. The van der Waals surface area contributed by atoms with E-state index in [0.717, 1.165) is 6.07 Å². The monoisotopic (exact) mass is 464 g/mol. The number of benzene rings is 2. The lowest BCUT2D eigenvalue weighted by Gasteiger charge is -2.39. The maximum Gasteiger partial charge on any atom is 0.251 e. The van der Waals surface area contributed by atoms with E-state index in [1.165, 1.54) is 44.4 Å². The Morgan fingerprint density at radius 1 is 0.939 bits per heavy atom. The molecule has 178 valence electrons. The number of carbonyl (C=O) groups excluding carboxylic acids is 2. The minimum absolute atomic E-state index is 0.204. The van der Waals surface area contributed by atoms with Crippen LogP contribution in [0.2, 0.25) is 0 Å². The largest absolute Gasteiger partial charge is 0.459 e. The van der Waals surface area contributed by atoms with Gasteiger partial charge in [-0.15, -0.1) is 0 Å². The van der Waals surface area contributed by atoms with Gasteiger partial charge in [0.1, 0.15) is 24.4 Å². The highest BCUT2D eigenvalue weighted by atomic mass is 19.1. The zero-order chi connectivity index (χ0) is 24.3. The summed E-state index contributed by atoms with van der Waals surface area (Å²) in [5, 5.41) is 44.0. The number of rotatable bonds is 6. The van der Waals surface area contributed by atoms with Gasteiger partial charge < -0.3 is 40.5 Å². The molecule has 1 aliphatic heterocycles. The maximum atomic E-state index is 14.8. The van der Waals surface area contributed by atoms with Crippen LogP contribution in [0.1, 0.15) is 20.7 Å². The maximum absolute atomic E-state index is 14.8. The van der Waals surface area contributed by atoms with Gasteiger partial charge in [-0.2, -0.15) is 0 Å². The lowest BCUT2D eigenvalue weighted by atomic mass is 9.98. The second-order valence-corrected chi connectivity index (χ2v) is 7.42. The number of aliphatic hydroxyl groups excluding tert-OH is 4. The van der Waals surface area contributed by atoms with Crippen LogP contribution in [-0.4, -0.2) is 83.6 Å². The number of nitrogens with one attached hydrogen (secondary N) is 2. The quantitative estimate of drug-likeness (QED) is 0.331. The van der Waals surface area contributed by atoms with Crippen LogP contribution in [0.3, 0.4) is 0 Å². The Kier molecular flexibility index (Phi) is 7.61. The third-order valence-electron chi connectivity index (χ3n) is 5.27. The van der Waals surface area contributed by atoms with E-state index in [-0.39, 0.29) is 16.9 Å². The fraction of sp³-hybridized carbons (Fsp3) is 0.364. The van der Waals surface area contributed by atoms with Gasteiger partial charge in [0.05, 0.1) is 6.61 Å². The van der Waals surface area contributed by atoms with Crippen molar-refractivity contribution in [2.75, 3.05) is 20.7 Å². The number of amides is 2. The summed E-state index contributed by atoms with van der Waals surface area (Å²) in [5.74, 6) is -2.02. The molecule has 11 heteroatoms. The van der Waals surface area contributed by atoms with Crippen molar-refractivity contribution in [3.05, 3.63) is 53.3 Å². The van der Waals surface area contributed by atoms with Gasteiger partial charge >= 0.3 is 0 Å². The van der Waals surface area contributed by atoms with E-state index in [9.17, 15) is 34.4 Å². The van der Waals surface area contributed by atoms with Gasteiger partial charge in [0.2, 0.25) is 6.29 Å². The standard InChI is InChI=1S/C22H25FN2O8/c1-24-20(30)12-5-11(6-13(7-12)21(31)25-2)10-3-4-15(14(23)8-10)32-22-19(29)18(28)17(27)16(9-26)33-22/h3-8,16-19,22,26-29H,9H2,1-2H3,(H,24,30)(H,25,31)/t16-,17-,18?,19?,22+/m1/s1. The first kappa shape index (κ1) is 24.6. The topological polar surface area (TPSA) is 158 Å². The third-order valence-corrected chi connectivity index (χ3v) is 5.27. The average molecular weight is 464 g/mol. The Morgan fingerprint density at radius 3 is 2.06 bits per heavy atom. The highest BCUT2D eigenvalue weighted by Gasteiger charge is 2.44. The van der Waals surface area contributed by atoms with Crippen molar-refractivity contribution in [2.24, 2.45) is 0 Å². The van der Waals surface area contributed by atoms with Crippen molar-refractivity contribution in [2.45, 2.75) is 30.7 Å². The second-order valence-electron chi connectivity index (χ2n) is 7.42. The summed E-state index contributed by atoms with van der Waals surface area (Å²) in [4.78, 5) is 24.2. The zero-order valence-electron chi connectivity index (χ0n) is 17.9. The summed E-state index contributed by atoms with van der Waals surface area (Å²) >= 11 is 0. The van der Waals surface area contributed by atoms with Crippen LogP contribution in [-0.2, 0) is 4.74 Å². The first-order valence-corrected chi connectivity index (χ1v) is 10.1. The molecular weight excluding hydrogens is 439 g/mol. The summed E-state index contributed by atoms with van der Waals surface area (Å²) in [5.41, 5.74) is 1.14. The molecule has 0 saturated carbocycles. The van der Waals surface area contributed by atoms with E-state index in [4.69, 9.17) is 9.47 Å². The van der Waals surface area contributed by atoms with Gasteiger partial charge in [0, 0.05) is 25.2 Å². The smallest absolute Gasteiger partial charge is 0.251 e. The molecule has 2 unspecified atom stereocenters. The minimum Gasteiger partial charge on any atom is -0.459 e. The van der Waals surface area contributed by atoms with Crippen molar-refractivity contribution >= 4 is 11.8 Å². The molecule has 0 radical (unpaired) electrons. The molecule has 0 spiro atoms. The van der Waals surface area contributed by atoms with Crippen LogP contribution >= 0.6 is 0 Å². The van der Waals surface area contributed by atoms with Crippen LogP contribution in [0.5, 0.6) is 5.75 Å². The molecule has 33 heavy (non-hydrogen) atoms. The zero-order valence-corrected chi connectivity index (χ0v) is 17.9. The van der Waals surface area contributed by atoms with Crippen molar-refractivity contribution in [1.29, 1.82) is 0 Å². The number of carbonyl (C=O) groups is 2. The number of aliphatic hydroxyl groups is 4. The molecule has 0 aromatic heterocycles. The van der Waals surface area contributed by atoms with Crippen molar-refractivity contribution in [1.82, 2.24) is 10.6 Å². The first-order chi connectivity index (χ1) is 15.7. The number of hydrogen-bond acceptors (Lipinski definition) is 8. The Morgan fingerprint density at radius 2 is 1.55 bits per heavy atom. The molecule has 6 N–H and O–H groups in total. The van der Waals surface area contributed by atoms with Crippen LogP contribution < -0.4 is 15.4 Å². The summed E-state index contributed by atoms with van der Waals surface area (Å²) < 4.78 is 25.4. The van der Waals surface area contributed by atoms with Crippen LogP contribution in [0, 0.1) is 5.82 Å². The molecule has 1 fully saturated rings. The van der Waals surface area contributed by atoms with E-state index >= 15 is 0 Å². The van der Waals surface area contributed by atoms with Crippen molar-refractivity contribution in [3.8, 4) is 16.9 Å². The van der Waals surface area contributed by atoms with E-state index in [1.807, 2.05) is 0 Å². The van der Waals surface area contributed by atoms with Gasteiger partial charge in [-0.1, -0.05) is 6.07 Å². The molecule has 2 aromatic rings. The number of halogens is 1. The van der Waals surface area contributed by atoms with Gasteiger partial charge in [-0.25, -0.2) is 4.39 Å². The van der Waals surface area contributed by atoms with E-state index in [2.05, 4.69) is 10.6 Å². The molecule has 10 nitrogen and oxygen atoms in total. The minimum atomic E-state index is -1.69. The first-order valence-electron chi connectivity index (χ1n) is 10.1. The van der Waals surface area contributed by atoms with E-state index < -0.39 is 54.9 Å². The lowest BCUT2D eigenvalue weighted by molar-refractivity contribution is -0.277. The normalized spacial score (nSPS) is 24.8. The molecule has 5 atom stereocenters. The highest BCUT2D eigenvalue weighted by molar-refractivity contribution is 6.01. The van der Waals surface area contributed by atoms with Crippen molar-refractivity contribution < 1.29 is 43.9 Å². The van der Waals surface area contributed by atoms with Crippen LogP contribution in [0.25, 0.3) is 11.1 Å². The average Bonchev–Trinajstić information content (AvgIpc) is 2.83. The van der Waals surface area contributed by atoms with Gasteiger partial charge in [0.25, 0.3) is 11.8 Å². The molecule has 1 saturated heterocycles. The predicted octanol–water partition coefficient (Wildman–Crippen LogP) is -0.609. The Hall–Kier alpha value is -3.09. The molecule has 0 aliphatic carbocycles. The summed E-state index contributed by atoms with van der Waals surface area (Å²) in [7, 11) is 2.89. The Balaban J connectivity index is 1.90. The molecule has 3 rings (SSSR count). The molecule has 1 aliphatic rings. The number of ether oxygens (including phenoxy) is 2. The van der Waals surface area contributed by atoms with Gasteiger partial charge in [-0.05, 0) is 41.5 Å². The molecule has 2 amide bonds. The molecule has 1 heterocycles. The third kappa shape index (κ3) is 5.13. The van der Waals surface area contributed by atoms with Gasteiger partial charge in [-0.3, -0.25) is 9.59 Å². The molecule has 2 aromatic carbocycles. The van der Waals surface area contributed by atoms with E-state index in [1.54, 1.807) is 0 Å². The lowest BCUT2D eigenvalue weighted by Crippen LogP contribution is -2.60.